The third-order valence-corrected chi connectivity index (χ3v) is 6.57. The van der Waals surface area contributed by atoms with Gasteiger partial charge >= 0.3 is 7.82 Å². The average Bonchev–Trinajstić information content (AvgIpc) is 3.44. The molecule has 2 aliphatic heterocycles. The highest BCUT2D eigenvalue weighted by atomic mass is 31.2. The molecule has 3 aromatic rings. The van der Waals surface area contributed by atoms with Crippen molar-refractivity contribution in [3.63, 3.8) is 0 Å². The molecule has 0 bridgehead atoms. The van der Waals surface area contributed by atoms with Crippen LogP contribution >= 0.6 is 7.82 Å². The van der Waals surface area contributed by atoms with E-state index in [1.54, 1.807) is 31.3 Å². The number of phosphoric ester groups is 1. The van der Waals surface area contributed by atoms with Crippen molar-refractivity contribution in [1.82, 2.24) is 19.5 Å². The van der Waals surface area contributed by atoms with Gasteiger partial charge in [-0.05, 0) is 12.1 Å². The summed E-state index contributed by atoms with van der Waals surface area (Å²) in [5.41, 5.74) is 3.47. The first-order valence-corrected chi connectivity index (χ1v) is 11.1. The van der Waals surface area contributed by atoms with E-state index >= 15 is 4.39 Å². The molecule has 12 nitrogen and oxygen atoms in total. The van der Waals surface area contributed by atoms with Crippen molar-refractivity contribution in [2.24, 2.45) is 0 Å². The average molecular weight is 476 g/mol. The molecule has 2 aromatic heterocycles. The Balaban J connectivity index is 1.41. The van der Waals surface area contributed by atoms with Crippen LogP contribution in [0.2, 0.25) is 0 Å². The molecule has 0 amide bonds. The van der Waals surface area contributed by atoms with Crippen LogP contribution in [0.25, 0.3) is 11.2 Å². The summed E-state index contributed by atoms with van der Waals surface area (Å²) < 4.78 is 51.3. The Labute approximate surface area is 186 Å². The summed E-state index contributed by atoms with van der Waals surface area (Å²) in [5, 5.41) is 13.5. The third kappa shape index (κ3) is 3.35. The van der Waals surface area contributed by atoms with Crippen LogP contribution in [-0.2, 0) is 13.8 Å². The Morgan fingerprint density at radius 2 is 2.09 bits per heavy atom. The maximum Gasteiger partial charge on any atom is 0.587 e. The van der Waals surface area contributed by atoms with Crippen molar-refractivity contribution in [2.75, 3.05) is 24.7 Å². The number of rotatable bonds is 5. The van der Waals surface area contributed by atoms with Crippen LogP contribution in [0.3, 0.4) is 0 Å². The van der Waals surface area contributed by atoms with Crippen LogP contribution < -0.4 is 20.1 Å². The van der Waals surface area contributed by atoms with Crippen LogP contribution in [0.1, 0.15) is 6.23 Å². The van der Waals surface area contributed by atoms with E-state index in [4.69, 9.17) is 30.5 Å². The molecule has 1 aromatic carbocycles. The van der Waals surface area contributed by atoms with Gasteiger partial charge in [-0.15, -0.1) is 6.42 Å². The normalized spacial score (nSPS) is 27.5. The molecule has 0 unspecified atom stereocenters. The number of aliphatic hydroxyl groups is 1. The number of benzene rings is 1. The number of anilines is 2. The molecule has 2 aliphatic rings. The minimum Gasteiger partial charge on any atom is -0.391 e. The van der Waals surface area contributed by atoms with Crippen molar-refractivity contribution in [3.05, 3.63) is 30.6 Å². The fourth-order valence-corrected chi connectivity index (χ4v) is 4.92. The lowest BCUT2D eigenvalue weighted by Gasteiger charge is -2.23. The third-order valence-electron chi connectivity index (χ3n) is 5.26. The molecule has 14 heteroatoms. The number of hydrogen-bond acceptors (Lipinski definition) is 11. The number of terminal acetylenes is 1. The lowest BCUT2D eigenvalue weighted by Crippen LogP contribution is -2.42. The van der Waals surface area contributed by atoms with E-state index in [2.05, 4.69) is 20.3 Å². The Morgan fingerprint density at radius 3 is 2.73 bits per heavy atom. The lowest BCUT2D eigenvalue weighted by molar-refractivity contribution is -0.0486. The Hall–Kier alpha value is -3.43. The van der Waals surface area contributed by atoms with Crippen molar-refractivity contribution in [3.8, 4) is 23.8 Å². The quantitative estimate of drug-likeness (QED) is 0.363. The van der Waals surface area contributed by atoms with E-state index < -0.39 is 38.5 Å². The van der Waals surface area contributed by atoms with E-state index in [1.807, 2.05) is 5.92 Å². The first kappa shape index (κ1) is 21.4. The smallest absolute Gasteiger partial charge is 0.391 e. The fraction of sp³-hybridized carbons (Fsp3) is 0.316. The lowest BCUT2D eigenvalue weighted by atomic mass is 9.97. The van der Waals surface area contributed by atoms with Crippen molar-refractivity contribution in [2.45, 2.75) is 24.1 Å². The maximum absolute atomic E-state index is 15.8. The first-order chi connectivity index (χ1) is 15.8. The number of phosphoric acid groups is 1. The van der Waals surface area contributed by atoms with E-state index in [0.717, 1.165) is 0 Å². The summed E-state index contributed by atoms with van der Waals surface area (Å²) in [6.45, 7) is -0.540. The number of nitrogens with zero attached hydrogens (tertiary/aromatic N) is 4. The molecule has 1 fully saturated rings. The highest BCUT2D eigenvalue weighted by molar-refractivity contribution is 7.49. The zero-order chi connectivity index (χ0) is 23.4. The van der Waals surface area contributed by atoms with Crippen LogP contribution in [0.5, 0.6) is 11.5 Å². The van der Waals surface area contributed by atoms with Gasteiger partial charge in [-0.2, -0.15) is 9.97 Å². The van der Waals surface area contributed by atoms with Crippen molar-refractivity contribution >= 4 is 30.8 Å². The molecule has 1 saturated heterocycles. The summed E-state index contributed by atoms with van der Waals surface area (Å²) in [7, 11) is -2.44. The van der Waals surface area contributed by atoms with Gasteiger partial charge in [-0.1, -0.05) is 18.1 Å². The number of imidazole rings is 1. The van der Waals surface area contributed by atoms with Crippen LogP contribution in [0, 0.1) is 12.3 Å². The number of aromatic nitrogens is 4. The summed E-state index contributed by atoms with van der Waals surface area (Å²) in [5.74, 6) is 2.64. The topological polar surface area (TPSA) is 156 Å². The molecular weight excluding hydrogens is 458 g/mol. The largest absolute Gasteiger partial charge is 0.587 e. The Morgan fingerprint density at radius 1 is 1.39 bits per heavy atom. The molecule has 0 radical (unpaired) electrons. The predicted octanol–water partition coefficient (Wildman–Crippen LogP) is 1.65. The number of ether oxygens (including phenoxy) is 1. The number of nitrogens with two attached hydrogens (primary N) is 1. The predicted molar refractivity (Wildman–Crippen MR) is 113 cm³/mol. The number of nitrogen functional groups attached to an aromatic ring is 1. The number of fused-ring (bicyclic) bond motifs is 2. The van der Waals surface area contributed by atoms with E-state index in [0.29, 0.717) is 11.3 Å². The number of para-hydroxylation sites is 2. The Bertz CT molecular complexity index is 1300. The standard InChI is InChI=1S/C19H18FN6O6P/c1-3-19(20)14(27)12(8-29-33(28)31-10-6-4-5-7-11(10)32-33)30-17(19)26-9-23-13-15(22-2)24-18(21)25-16(13)26/h1,4-7,9,12,14,17,27H,8H2,2H3,(H3,21,22,24,25)/t12-,14-,17-,19-/m1/s1. The number of nitrogens with one attached hydrogen (secondary N) is 1. The maximum atomic E-state index is 15.8. The van der Waals surface area contributed by atoms with E-state index in [9.17, 15) is 9.67 Å². The van der Waals surface area contributed by atoms with Gasteiger partial charge in [0.05, 0.1) is 12.9 Å². The van der Waals surface area contributed by atoms with E-state index in [-0.39, 0.29) is 23.1 Å². The van der Waals surface area contributed by atoms with E-state index in [1.165, 1.54) is 10.9 Å². The number of halogens is 1. The highest BCUT2D eigenvalue weighted by Crippen LogP contribution is 2.59. The van der Waals surface area contributed by atoms with Gasteiger partial charge in [-0.25, -0.2) is 13.9 Å². The van der Waals surface area contributed by atoms with Crippen LogP contribution in [-0.4, -0.2) is 56.2 Å². The van der Waals surface area contributed by atoms with Gasteiger partial charge in [0.25, 0.3) is 0 Å². The minimum absolute atomic E-state index is 0.0922. The van der Waals surface area contributed by atoms with Crippen molar-refractivity contribution in [1.29, 1.82) is 0 Å². The molecule has 4 atom stereocenters. The summed E-state index contributed by atoms with van der Waals surface area (Å²) in [6.07, 6.45) is 1.97. The number of alkyl halides is 1. The molecule has 0 aliphatic carbocycles. The van der Waals surface area contributed by atoms with Crippen molar-refractivity contribution < 1.29 is 32.4 Å². The molecule has 172 valence electrons. The van der Waals surface area contributed by atoms with Gasteiger partial charge in [0, 0.05) is 7.05 Å². The summed E-state index contributed by atoms with van der Waals surface area (Å²) >= 11 is 0. The first-order valence-electron chi connectivity index (χ1n) is 9.69. The van der Waals surface area contributed by atoms with Gasteiger partial charge < -0.3 is 29.9 Å². The minimum atomic E-state index is -4.05. The molecule has 0 spiro atoms. The summed E-state index contributed by atoms with van der Waals surface area (Å²) in [6, 6.07) is 6.44. The monoisotopic (exact) mass is 476 g/mol. The second-order valence-electron chi connectivity index (χ2n) is 7.26. The van der Waals surface area contributed by atoms with Gasteiger partial charge in [0.2, 0.25) is 11.6 Å². The van der Waals surface area contributed by atoms with Crippen LogP contribution in [0.15, 0.2) is 30.6 Å². The van der Waals surface area contributed by atoms with Gasteiger partial charge in [0.1, 0.15) is 12.2 Å². The highest BCUT2D eigenvalue weighted by Gasteiger charge is 2.58. The second kappa shape index (κ2) is 7.57. The van der Waals surface area contributed by atoms with Gasteiger partial charge in [-0.3, -0.25) is 9.09 Å². The number of aliphatic hydroxyl groups excluding tert-OH is 1. The molecule has 4 heterocycles. The summed E-state index contributed by atoms with van der Waals surface area (Å²) in [4.78, 5) is 12.3. The molecular formula is C19H18FN6O6P. The molecule has 0 saturated carbocycles. The zero-order valence-electron chi connectivity index (χ0n) is 17.1. The molecule has 33 heavy (non-hydrogen) atoms. The molecule has 5 rings (SSSR count). The van der Waals surface area contributed by atoms with Gasteiger partial charge in [0.15, 0.2) is 34.7 Å². The SMILES string of the molecule is C#C[C@@]1(F)[C@H](O)[C@@H](COP2(=O)Oc3ccccc3O2)O[C@H]1n1cnc2c(NC)nc(N)nc21. The second-order valence-corrected chi connectivity index (χ2v) is 8.78. The molecule has 4 N–H and O–H groups in total. The number of hydrogen-bond donors (Lipinski definition) is 3. The Kier molecular flexibility index (Phi) is 4.91. The fourth-order valence-electron chi connectivity index (χ4n) is 3.67. The van der Waals surface area contributed by atoms with Crippen LogP contribution in [0.4, 0.5) is 16.2 Å². The zero-order valence-corrected chi connectivity index (χ0v) is 18.0.